The van der Waals surface area contributed by atoms with Crippen LogP contribution in [0, 0.1) is 13.8 Å². The molecule has 1 aromatic carbocycles. The molecule has 1 aromatic rings. The first-order valence-electron chi connectivity index (χ1n) is 6.38. The predicted octanol–water partition coefficient (Wildman–Crippen LogP) is 3.85. The molecule has 0 bridgehead atoms. The Bertz CT molecular complexity index is 467. The van der Waals surface area contributed by atoms with Crippen LogP contribution in [0.3, 0.4) is 0 Å². The number of hydrogen-bond acceptors (Lipinski definition) is 3. The maximum atomic E-state index is 11.3. The Kier molecular flexibility index (Phi) is 5.67. The second kappa shape index (κ2) is 6.80. The average molecular weight is 285 g/mol. The van der Waals surface area contributed by atoms with Gasteiger partial charge in [-0.15, -0.1) is 0 Å². The van der Waals surface area contributed by atoms with Gasteiger partial charge in [0.05, 0.1) is 13.2 Å². The molecule has 0 aliphatic heterocycles. The van der Waals surface area contributed by atoms with Crippen molar-refractivity contribution >= 4 is 17.6 Å². The number of benzene rings is 1. The van der Waals surface area contributed by atoms with Gasteiger partial charge in [-0.2, -0.15) is 0 Å². The Hall–Kier alpha value is -1.22. The first-order chi connectivity index (χ1) is 8.86. The fourth-order valence-electron chi connectivity index (χ4n) is 1.96. The van der Waals surface area contributed by atoms with Crippen molar-refractivity contribution in [3.8, 4) is 5.75 Å². The molecular weight excluding hydrogens is 264 g/mol. The molecular formula is C15H21ClO3. The maximum absolute atomic E-state index is 11.3. The number of carbonyl (C=O) groups excluding carboxylic acids is 1. The highest BCUT2D eigenvalue weighted by atomic mass is 35.5. The van der Waals surface area contributed by atoms with E-state index >= 15 is 0 Å². The third kappa shape index (κ3) is 4.13. The fourth-order valence-corrected chi connectivity index (χ4v) is 2.13. The zero-order chi connectivity index (χ0) is 14.6. The van der Waals surface area contributed by atoms with E-state index in [1.54, 1.807) is 0 Å². The first-order valence-corrected chi connectivity index (χ1v) is 6.76. The van der Waals surface area contributed by atoms with Gasteiger partial charge < -0.3 is 9.47 Å². The number of hydrogen-bond donors (Lipinski definition) is 0. The summed E-state index contributed by atoms with van der Waals surface area (Å²) in [4.78, 5) is 11.3. The maximum Gasteiger partial charge on any atom is 0.305 e. The van der Waals surface area contributed by atoms with Crippen LogP contribution >= 0.6 is 11.6 Å². The van der Waals surface area contributed by atoms with E-state index in [1.165, 1.54) is 7.11 Å². The third-order valence-electron chi connectivity index (χ3n) is 2.94. The molecule has 0 heterocycles. The summed E-state index contributed by atoms with van der Waals surface area (Å²) in [6, 6.07) is 1.93. The van der Waals surface area contributed by atoms with Crippen LogP contribution in [-0.4, -0.2) is 19.2 Å². The molecule has 0 saturated heterocycles. The molecule has 0 spiro atoms. The molecule has 0 aromatic heterocycles. The highest BCUT2D eigenvalue weighted by Gasteiger charge is 2.15. The Labute approximate surface area is 119 Å². The zero-order valence-corrected chi connectivity index (χ0v) is 12.9. The molecule has 0 atom stereocenters. The summed E-state index contributed by atoms with van der Waals surface area (Å²) in [6.07, 6.45) is 0.975. The molecule has 1 rings (SSSR count). The van der Waals surface area contributed by atoms with Gasteiger partial charge in [0.25, 0.3) is 0 Å². The van der Waals surface area contributed by atoms with Crippen molar-refractivity contribution in [2.24, 2.45) is 0 Å². The second-order valence-corrected chi connectivity index (χ2v) is 5.23. The molecule has 0 radical (unpaired) electrons. The van der Waals surface area contributed by atoms with Crippen LogP contribution in [0.5, 0.6) is 5.75 Å². The minimum Gasteiger partial charge on any atom is -0.491 e. The molecule has 106 valence electrons. The second-order valence-electron chi connectivity index (χ2n) is 4.85. The predicted molar refractivity (Wildman–Crippen MR) is 77.0 cm³/mol. The van der Waals surface area contributed by atoms with E-state index in [9.17, 15) is 4.79 Å². The van der Waals surface area contributed by atoms with Gasteiger partial charge >= 0.3 is 5.97 Å². The van der Waals surface area contributed by atoms with E-state index < -0.39 is 0 Å². The van der Waals surface area contributed by atoms with Gasteiger partial charge in [-0.05, 0) is 56.9 Å². The van der Waals surface area contributed by atoms with Crippen LogP contribution in [0.1, 0.15) is 37.0 Å². The minimum absolute atomic E-state index is 0.0804. The summed E-state index contributed by atoms with van der Waals surface area (Å²) in [7, 11) is 1.39. The number of aryl methyl sites for hydroxylation is 1. The number of ether oxygens (including phenoxy) is 2. The lowest BCUT2D eigenvalue weighted by molar-refractivity contribution is -0.140. The molecule has 0 saturated carbocycles. The van der Waals surface area contributed by atoms with Crippen LogP contribution in [0.2, 0.25) is 5.02 Å². The van der Waals surface area contributed by atoms with Crippen molar-refractivity contribution in [2.45, 2.75) is 46.6 Å². The lowest BCUT2D eigenvalue weighted by Crippen LogP contribution is -2.10. The lowest BCUT2D eigenvalue weighted by Gasteiger charge is -2.18. The van der Waals surface area contributed by atoms with Crippen LogP contribution < -0.4 is 4.74 Å². The number of halogens is 1. The molecule has 19 heavy (non-hydrogen) atoms. The smallest absolute Gasteiger partial charge is 0.305 e. The van der Waals surface area contributed by atoms with Gasteiger partial charge in [-0.1, -0.05) is 11.6 Å². The van der Waals surface area contributed by atoms with Crippen LogP contribution in [0.4, 0.5) is 0 Å². The van der Waals surface area contributed by atoms with Crippen LogP contribution in [0.25, 0.3) is 0 Å². The highest BCUT2D eigenvalue weighted by Crippen LogP contribution is 2.33. The Morgan fingerprint density at radius 1 is 1.37 bits per heavy atom. The van der Waals surface area contributed by atoms with Crippen LogP contribution in [0.15, 0.2) is 6.07 Å². The van der Waals surface area contributed by atoms with E-state index in [4.69, 9.17) is 16.3 Å². The number of esters is 1. The Morgan fingerprint density at radius 2 is 2.00 bits per heavy atom. The standard InChI is InChI=1S/C15H21ClO3/c1-9(2)19-13-8-10(3)15(16)11(4)12(13)6-7-14(17)18-5/h8-9H,6-7H2,1-5H3. The summed E-state index contributed by atoms with van der Waals surface area (Å²) in [5.74, 6) is 0.574. The van der Waals surface area contributed by atoms with Gasteiger partial charge in [0, 0.05) is 11.4 Å². The van der Waals surface area contributed by atoms with Gasteiger partial charge in [0.2, 0.25) is 0 Å². The Balaban J connectivity index is 3.10. The lowest BCUT2D eigenvalue weighted by atomic mass is 10.00. The normalized spacial score (nSPS) is 10.7. The minimum atomic E-state index is -0.230. The summed E-state index contributed by atoms with van der Waals surface area (Å²) in [5.41, 5.74) is 2.94. The average Bonchev–Trinajstić information content (AvgIpc) is 2.34. The summed E-state index contributed by atoms with van der Waals surface area (Å²) >= 11 is 6.27. The van der Waals surface area contributed by atoms with E-state index in [1.807, 2.05) is 33.8 Å². The molecule has 0 fully saturated rings. The summed E-state index contributed by atoms with van der Waals surface area (Å²) in [6.45, 7) is 7.86. The first kappa shape index (κ1) is 15.8. The van der Waals surface area contributed by atoms with Gasteiger partial charge in [0.15, 0.2) is 0 Å². The topological polar surface area (TPSA) is 35.5 Å². The van der Waals surface area contributed by atoms with Crippen molar-refractivity contribution in [1.29, 1.82) is 0 Å². The number of rotatable bonds is 5. The van der Waals surface area contributed by atoms with Crippen molar-refractivity contribution in [3.63, 3.8) is 0 Å². The van der Waals surface area contributed by atoms with Crippen molar-refractivity contribution in [3.05, 3.63) is 27.8 Å². The summed E-state index contributed by atoms with van der Waals surface area (Å²) in [5, 5.41) is 0.732. The number of methoxy groups -OCH3 is 1. The fraction of sp³-hybridized carbons (Fsp3) is 0.533. The Morgan fingerprint density at radius 3 is 2.53 bits per heavy atom. The largest absolute Gasteiger partial charge is 0.491 e. The van der Waals surface area contributed by atoms with Crippen molar-refractivity contribution in [1.82, 2.24) is 0 Å². The van der Waals surface area contributed by atoms with Crippen molar-refractivity contribution < 1.29 is 14.3 Å². The molecule has 0 N–H and O–H groups in total. The quantitative estimate of drug-likeness (QED) is 0.771. The van der Waals surface area contributed by atoms with E-state index in [-0.39, 0.29) is 12.1 Å². The molecule has 0 aliphatic carbocycles. The highest BCUT2D eigenvalue weighted by molar-refractivity contribution is 6.32. The molecule has 0 amide bonds. The van der Waals surface area contributed by atoms with E-state index in [2.05, 4.69) is 4.74 Å². The third-order valence-corrected chi connectivity index (χ3v) is 3.52. The molecule has 4 heteroatoms. The van der Waals surface area contributed by atoms with Crippen molar-refractivity contribution in [2.75, 3.05) is 7.11 Å². The summed E-state index contributed by atoms with van der Waals surface area (Å²) < 4.78 is 10.5. The van der Waals surface area contributed by atoms with Gasteiger partial charge in [-0.3, -0.25) is 4.79 Å². The molecule has 0 aliphatic rings. The monoisotopic (exact) mass is 284 g/mol. The van der Waals surface area contributed by atoms with E-state index in [0.29, 0.717) is 12.8 Å². The zero-order valence-electron chi connectivity index (χ0n) is 12.2. The van der Waals surface area contributed by atoms with Crippen LogP contribution in [-0.2, 0) is 16.0 Å². The molecule has 3 nitrogen and oxygen atoms in total. The van der Waals surface area contributed by atoms with Gasteiger partial charge in [-0.25, -0.2) is 0 Å². The van der Waals surface area contributed by atoms with E-state index in [0.717, 1.165) is 27.5 Å². The SMILES string of the molecule is COC(=O)CCc1c(OC(C)C)cc(C)c(Cl)c1C. The molecule has 0 unspecified atom stereocenters. The van der Waals surface area contributed by atoms with Gasteiger partial charge in [0.1, 0.15) is 5.75 Å². The number of carbonyl (C=O) groups is 1.